The van der Waals surface area contributed by atoms with E-state index in [1.165, 1.54) is 16.7 Å². The van der Waals surface area contributed by atoms with Gasteiger partial charge in [-0.2, -0.15) is 0 Å². The maximum atomic E-state index is 6.40. The monoisotopic (exact) mass is 298 g/mol. The number of hydrogen-bond acceptors (Lipinski definition) is 2. The van der Waals surface area contributed by atoms with Crippen molar-refractivity contribution in [3.63, 3.8) is 0 Å². The van der Waals surface area contributed by atoms with Crippen molar-refractivity contribution in [3.05, 3.63) is 53.1 Å². The summed E-state index contributed by atoms with van der Waals surface area (Å²) >= 11 is 0. The Labute approximate surface area is 135 Å². The molecule has 0 saturated heterocycles. The van der Waals surface area contributed by atoms with E-state index in [1.54, 1.807) is 0 Å². The molecule has 2 nitrogen and oxygen atoms in total. The maximum absolute atomic E-state index is 6.40. The Bertz CT molecular complexity index is 583. The molecule has 1 aliphatic carbocycles. The van der Waals surface area contributed by atoms with E-state index in [2.05, 4.69) is 58.1 Å². The molecule has 0 aromatic heterocycles. The Hall–Kier alpha value is -1.54. The number of anilines is 1. The fourth-order valence-electron chi connectivity index (χ4n) is 3.61. The highest BCUT2D eigenvalue weighted by molar-refractivity contribution is 5.49. The molecule has 2 rings (SSSR count). The van der Waals surface area contributed by atoms with Crippen LogP contribution in [0, 0.1) is 11.3 Å². The van der Waals surface area contributed by atoms with E-state index in [1.807, 2.05) is 6.07 Å². The van der Waals surface area contributed by atoms with Crippen LogP contribution in [-0.2, 0) is 12.8 Å². The summed E-state index contributed by atoms with van der Waals surface area (Å²) in [6.07, 6.45) is 9.79. The number of nitrogen functional groups attached to an aromatic ring is 1. The maximum Gasteiger partial charge on any atom is 0.0346 e. The van der Waals surface area contributed by atoms with Crippen LogP contribution in [0.25, 0.3) is 0 Å². The minimum Gasteiger partial charge on any atom is -0.399 e. The van der Waals surface area contributed by atoms with Gasteiger partial charge < -0.3 is 11.5 Å². The highest BCUT2D eigenvalue weighted by atomic mass is 14.7. The second-order valence-electron chi connectivity index (χ2n) is 6.79. The summed E-state index contributed by atoms with van der Waals surface area (Å²) in [7, 11) is 0. The van der Waals surface area contributed by atoms with Crippen LogP contribution in [0.4, 0.5) is 5.69 Å². The van der Waals surface area contributed by atoms with Crippen molar-refractivity contribution >= 4 is 5.69 Å². The van der Waals surface area contributed by atoms with Gasteiger partial charge in [0.2, 0.25) is 0 Å². The third kappa shape index (κ3) is 3.12. The summed E-state index contributed by atoms with van der Waals surface area (Å²) in [6.45, 7) is 8.94. The molecule has 2 unspecified atom stereocenters. The quantitative estimate of drug-likeness (QED) is 0.798. The van der Waals surface area contributed by atoms with Gasteiger partial charge in [0.1, 0.15) is 0 Å². The molecule has 0 amide bonds. The van der Waals surface area contributed by atoms with Gasteiger partial charge in [-0.05, 0) is 47.9 Å². The van der Waals surface area contributed by atoms with Gasteiger partial charge in [-0.15, -0.1) is 0 Å². The summed E-state index contributed by atoms with van der Waals surface area (Å²) < 4.78 is 0. The number of allylic oxidation sites excluding steroid dienone is 2. The van der Waals surface area contributed by atoms with Crippen molar-refractivity contribution in [2.75, 3.05) is 5.73 Å². The van der Waals surface area contributed by atoms with Crippen LogP contribution in [0.3, 0.4) is 0 Å². The minimum atomic E-state index is 0.0749. The van der Waals surface area contributed by atoms with E-state index in [0.29, 0.717) is 5.92 Å². The normalized spacial score (nSPS) is 24.6. The lowest BCUT2D eigenvalue weighted by atomic mass is 9.66. The Balaban J connectivity index is 2.29. The van der Waals surface area contributed by atoms with Gasteiger partial charge >= 0.3 is 0 Å². The summed E-state index contributed by atoms with van der Waals surface area (Å²) in [5.41, 5.74) is 17.3. The SMILES string of the molecule is CCc1cc(CC2=CC(CC)(C(C)C)C(N)C=C2)ccc1N. The van der Waals surface area contributed by atoms with Crippen LogP contribution < -0.4 is 11.5 Å². The van der Waals surface area contributed by atoms with Crippen molar-refractivity contribution in [3.8, 4) is 0 Å². The molecule has 0 saturated carbocycles. The third-order valence-corrected chi connectivity index (χ3v) is 5.28. The first-order valence-electron chi connectivity index (χ1n) is 8.45. The number of benzene rings is 1. The van der Waals surface area contributed by atoms with Crippen molar-refractivity contribution in [1.29, 1.82) is 0 Å². The summed E-state index contributed by atoms with van der Waals surface area (Å²) in [5, 5.41) is 0. The summed E-state index contributed by atoms with van der Waals surface area (Å²) in [4.78, 5) is 0. The molecule has 1 aromatic carbocycles. The van der Waals surface area contributed by atoms with Crippen molar-refractivity contribution < 1.29 is 0 Å². The van der Waals surface area contributed by atoms with Gasteiger partial charge in [0.25, 0.3) is 0 Å². The fourth-order valence-corrected chi connectivity index (χ4v) is 3.61. The predicted octanol–water partition coefficient (Wildman–Crippen LogP) is 4.25. The van der Waals surface area contributed by atoms with Crippen molar-refractivity contribution in [2.45, 2.75) is 53.0 Å². The van der Waals surface area contributed by atoms with Crippen LogP contribution in [0.1, 0.15) is 45.2 Å². The second kappa shape index (κ2) is 6.70. The molecule has 0 fully saturated rings. The summed E-state index contributed by atoms with van der Waals surface area (Å²) in [5.74, 6) is 0.532. The van der Waals surface area contributed by atoms with Crippen LogP contribution in [0.15, 0.2) is 42.0 Å². The highest BCUT2D eigenvalue weighted by Crippen LogP contribution is 2.40. The van der Waals surface area contributed by atoms with Crippen LogP contribution in [0.2, 0.25) is 0 Å². The molecule has 2 atom stereocenters. The molecule has 0 bridgehead atoms. The zero-order chi connectivity index (χ0) is 16.3. The molecule has 0 heterocycles. The largest absolute Gasteiger partial charge is 0.399 e. The average molecular weight is 298 g/mol. The lowest BCUT2D eigenvalue weighted by molar-refractivity contribution is 0.223. The van der Waals surface area contributed by atoms with Crippen LogP contribution >= 0.6 is 0 Å². The van der Waals surface area contributed by atoms with Gasteiger partial charge in [-0.3, -0.25) is 0 Å². The first kappa shape index (κ1) is 16.8. The molecule has 2 heteroatoms. The second-order valence-corrected chi connectivity index (χ2v) is 6.79. The predicted molar refractivity (Wildman–Crippen MR) is 96.7 cm³/mol. The number of aryl methyl sites for hydroxylation is 1. The third-order valence-electron chi connectivity index (χ3n) is 5.28. The van der Waals surface area contributed by atoms with E-state index in [0.717, 1.165) is 24.9 Å². The molecule has 1 aromatic rings. The molecular formula is C20H30N2. The van der Waals surface area contributed by atoms with E-state index in [4.69, 9.17) is 11.5 Å². The van der Waals surface area contributed by atoms with Gasteiger partial charge in [-0.1, -0.05) is 58.1 Å². The summed E-state index contributed by atoms with van der Waals surface area (Å²) in [6, 6.07) is 6.52. The van der Waals surface area contributed by atoms with Crippen LogP contribution in [0.5, 0.6) is 0 Å². The molecular weight excluding hydrogens is 268 g/mol. The van der Waals surface area contributed by atoms with Crippen LogP contribution in [-0.4, -0.2) is 6.04 Å². The molecule has 0 radical (unpaired) electrons. The molecule has 1 aliphatic rings. The van der Waals surface area contributed by atoms with E-state index < -0.39 is 0 Å². The van der Waals surface area contributed by atoms with E-state index in [9.17, 15) is 0 Å². The molecule has 0 spiro atoms. The molecule has 0 aliphatic heterocycles. The smallest absolute Gasteiger partial charge is 0.0346 e. The van der Waals surface area contributed by atoms with Gasteiger partial charge in [0.05, 0.1) is 0 Å². The van der Waals surface area contributed by atoms with Crippen molar-refractivity contribution in [2.24, 2.45) is 17.1 Å². The minimum absolute atomic E-state index is 0.0749. The number of rotatable bonds is 5. The average Bonchev–Trinajstić information content (AvgIpc) is 2.50. The Morgan fingerprint density at radius 2 is 1.95 bits per heavy atom. The first-order chi connectivity index (χ1) is 10.4. The number of hydrogen-bond donors (Lipinski definition) is 2. The number of nitrogens with two attached hydrogens (primary N) is 2. The van der Waals surface area contributed by atoms with Gasteiger partial charge in [0.15, 0.2) is 0 Å². The molecule has 22 heavy (non-hydrogen) atoms. The zero-order valence-electron chi connectivity index (χ0n) is 14.4. The molecule has 4 N–H and O–H groups in total. The van der Waals surface area contributed by atoms with E-state index >= 15 is 0 Å². The lowest BCUT2D eigenvalue weighted by Gasteiger charge is -2.41. The van der Waals surface area contributed by atoms with Gasteiger partial charge in [0, 0.05) is 17.1 Å². The Morgan fingerprint density at radius 1 is 1.23 bits per heavy atom. The van der Waals surface area contributed by atoms with Gasteiger partial charge in [-0.25, -0.2) is 0 Å². The Morgan fingerprint density at radius 3 is 2.55 bits per heavy atom. The standard InChI is InChI=1S/C20H30N2/c1-5-17-12-15(7-9-18(17)21)11-16-8-10-19(22)20(6-2,13-16)14(3)4/h7-10,12-14,19H,5-6,11,21-22H2,1-4H3. The molecule has 120 valence electrons. The first-order valence-corrected chi connectivity index (χ1v) is 8.45. The fraction of sp³-hybridized carbons (Fsp3) is 0.500. The highest BCUT2D eigenvalue weighted by Gasteiger charge is 2.36. The topological polar surface area (TPSA) is 52.0 Å². The Kier molecular flexibility index (Phi) is 5.12. The lowest BCUT2D eigenvalue weighted by Crippen LogP contribution is -2.44. The zero-order valence-corrected chi connectivity index (χ0v) is 14.4. The van der Waals surface area contributed by atoms with Crippen molar-refractivity contribution in [1.82, 2.24) is 0 Å². The van der Waals surface area contributed by atoms with E-state index in [-0.39, 0.29) is 11.5 Å².